The summed E-state index contributed by atoms with van der Waals surface area (Å²) in [5, 5.41) is 5.49. The van der Waals surface area contributed by atoms with Crippen LogP contribution in [0.15, 0.2) is 407 Å². The Kier molecular flexibility index (Phi) is 15.1. The average Bonchev–Trinajstić information content (AvgIpc) is 1.53. The molecule has 0 amide bonds. The minimum Gasteiger partial charge on any atom is -0.457 e. The number of hydrogen-bond donors (Lipinski definition) is 0. The van der Waals surface area contributed by atoms with Gasteiger partial charge in [-0.1, -0.05) is 334 Å². The van der Waals surface area contributed by atoms with Crippen LogP contribution in [-0.2, 0) is 10.8 Å². The molecule has 6 heterocycles. The van der Waals surface area contributed by atoms with Crippen LogP contribution in [0.4, 0.5) is 0 Å². The van der Waals surface area contributed by atoms with Crippen LogP contribution in [0.5, 0.6) is 23.0 Å². The second-order valence-corrected chi connectivity index (χ2v) is 31.8. The van der Waals surface area contributed by atoms with Crippen molar-refractivity contribution in [3.05, 3.63) is 451 Å². The molecule has 0 atom stereocenters. The van der Waals surface area contributed by atoms with Crippen LogP contribution in [0.1, 0.15) is 44.5 Å². The van der Waals surface area contributed by atoms with E-state index in [0.717, 1.165) is 195 Å². The minimum absolute atomic E-state index is 0.570. The lowest BCUT2D eigenvalue weighted by atomic mass is 9.64. The monoisotopic (exact) mass is 1540 g/mol. The lowest BCUT2D eigenvalue weighted by Crippen LogP contribution is -2.32. The van der Waals surface area contributed by atoms with Gasteiger partial charge in [0.2, 0.25) is 0 Å². The van der Waals surface area contributed by atoms with Gasteiger partial charge in [-0.25, -0.2) is 24.9 Å². The standard InChI is InChI=1S/C112H67N7O2/c1-3-23-68(24-4-1)69-46-52-72(53-47-69)105-89-61-59-78(66-97(89)114-107(115-105)74-56-50-71(51-57-74)80-31-20-32-85-82-28-7-9-36-91(82)111(103(80)85)92-37-10-15-42-99(92)120-100-43-16-11-38-93(100)111)119-98-41-14-8-29-84(98)88-63-62-81-79(30-19-34-87(81)106(88)119)76-58-60-83-86-33-21-35-90(104(86)112(96(83)65-76)94-39-12-17-44-101(94)121-102-45-18-13-40-95(102)112)110-117-108(73-25-5-2-6-26-73)116-109(118-110)75-54-48-70(49-55-75)77-27-22-64-113-67-77/h1-67H. The molecule has 4 aromatic heterocycles. The molecule has 0 unspecified atom stereocenters. The van der Waals surface area contributed by atoms with Crippen LogP contribution in [0.3, 0.4) is 0 Å². The molecule has 25 rings (SSSR count). The van der Waals surface area contributed by atoms with E-state index in [2.05, 4.69) is 380 Å². The van der Waals surface area contributed by atoms with Gasteiger partial charge in [0.05, 0.1) is 33.1 Å². The maximum atomic E-state index is 7.03. The molecule has 0 saturated carbocycles. The first kappa shape index (κ1) is 68.2. The second kappa shape index (κ2) is 26.7. The quantitative estimate of drug-likeness (QED) is 0.133. The number of fused-ring (bicyclic) bond motifs is 24. The number of nitrogens with zero attached hydrogens (tertiary/aromatic N) is 7. The van der Waals surface area contributed by atoms with Crippen LogP contribution >= 0.6 is 0 Å². The van der Waals surface area contributed by atoms with E-state index in [4.69, 9.17) is 34.4 Å². The summed E-state index contributed by atoms with van der Waals surface area (Å²) in [5.74, 6) is 5.65. The summed E-state index contributed by atoms with van der Waals surface area (Å²) in [4.78, 5) is 32.0. The van der Waals surface area contributed by atoms with E-state index in [0.29, 0.717) is 23.3 Å². The summed E-state index contributed by atoms with van der Waals surface area (Å²) in [5.41, 5.74) is 30.3. The van der Waals surface area contributed by atoms with Crippen molar-refractivity contribution in [1.82, 2.24) is 34.5 Å². The third-order valence-electron chi connectivity index (χ3n) is 25.5. The number of pyridine rings is 1. The van der Waals surface area contributed by atoms with Crippen molar-refractivity contribution in [2.24, 2.45) is 0 Å². The molecule has 17 aromatic carbocycles. The first-order valence-electron chi connectivity index (χ1n) is 41.1. The Morgan fingerprint density at radius 2 is 0.661 bits per heavy atom. The van der Waals surface area contributed by atoms with Crippen LogP contribution < -0.4 is 9.47 Å². The van der Waals surface area contributed by atoms with Gasteiger partial charge >= 0.3 is 0 Å². The Balaban J connectivity index is 0.648. The van der Waals surface area contributed by atoms with E-state index in [1.807, 2.05) is 30.5 Å². The summed E-state index contributed by atoms with van der Waals surface area (Å²) in [6.45, 7) is 0. The summed E-state index contributed by atoms with van der Waals surface area (Å²) in [6, 6.07) is 142. The maximum Gasteiger partial charge on any atom is 0.164 e. The molecule has 4 aliphatic rings. The Morgan fingerprint density at radius 3 is 1.31 bits per heavy atom. The number of ether oxygens (including phenoxy) is 2. The number of rotatable bonds is 10. The predicted octanol–water partition coefficient (Wildman–Crippen LogP) is 27.4. The second-order valence-electron chi connectivity index (χ2n) is 31.8. The van der Waals surface area contributed by atoms with Gasteiger partial charge in [-0.15, -0.1) is 0 Å². The highest BCUT2D eigenvalue weighted by Crippen LogP contribution is 2.66. The van der Waals surface area contributed by atoms with E-state index < -0.39 is 10.8 Å². The number of benzene rings is 17. The topological polar surface area (TPSA) is 101 Å². The molecule has 2 spiro atoms. The van der Waals surface area contributed by atoms with Crippen molar-refractivity contribution in [1.29, 1.82) is 0 Å². The Labute approximate surface area is 697 Å². The summed E-state index contributed by atoms with van der Waals surface area (Å²) < 4.78 is 16.3. The predicted molar refractivity (Wildman–Crippen MR) is 486 cm³/mol. The van der Waals surface area contributed by atoms with E-state index in [1.165, 1.54) is 22.3 Å². The Hall–Kier alpha value is -16.1. The van der Waals surface area contributed by atoms with Crippen molar-refractivity contribution in [2.75, 3.05) is 0 Å². The molecule has 562 valence electrons. The third kappa shape index (κ3) is 10.2. The molecular weight excluding hydrogens is 1480 g/mol. The SMILES string of the molecule is c1ccc(-c2ccc(-c3nc(-c4ccc(-c5cccc6c5C5(c7ccccc7Oc7ccccc75)c5ccccc5-6)cc4)nc4cc(-n5c6ccccc6c6ccc7c(-c8ccc9c(c8)C8(c%10ccccc%10Oc%10ccccc%108)c8c(-c%10nc(-c%11ccccc%11)nc(-c%11ccc(-c%12cccnc%12)cc%11)n%10)cccc8-9)cccc7c65)ccc34)cc2)cc1. The Morgan fingerprint density at radius 1 is 0.231 bits per heavy atom. The fraction of sp³-hybridized carbons (Fsp3) is 0.0179. The molecule has 0 saturated heterocycles. The molecule has 21 aromatic rings. The van der Waals surface area contributed by atoms with Gasteiger partial charge < -0.3 is 14.0 Å². The molecule has 121 heavy (non-hydrogen) atoms. The summed E-state index contributed by atoms with van der Waals surface area (Å²) in [6.07, 6.45) is 3.69. The zero-order valence-corrected chi connectivity index (χ0v) is 65.1. The van der Waals surface area contributed by atoms with Gasteiger partial charge in [0.25, 0.3) is 0 Å². The van der Waals surface area contributed by atoms with Gasteiger partial charge in [0.15, 0.2) is 23.3 Å². The van der Waals surface area contributed by atoms with Crippen LogP contribution in [0, 0.1) is 0 Å². The highest BCUT2D eigenvalue weighted by molar-refractivity contribution is 6.21. The van der Waals surface area contributed by atoms with E-state index in [9.17, 15) is 0 Å². The van der Waals surface area contributed by atoms with E-state index in [-0.39, 0.29) is 0 Å². The molecule has 2 aliphatic heterocycles. The molecule has 2 aliphatic carbocycles. The van der Waals surface area contributed by atoms with Crippen LogP contribution in [0.2, 0.25) is 0 Å². The molecule has 9 heteroatoms. The molecule has 0 fully saturated rings. The lowest BCUT2D eigenvalue weighted by Gasteiger charge is -2.40. The maximum absolute atomic E-state index is 7.03. The van der Waals surface area contributed by atoms with Crippen LogP contribution in [0.25, 0.3) is 173 Å². The third-order valence-corrected chi connectivity index (χ3v) is 25.5. The molecule has 0 bridgehead atoms. The van der Waals surface area contributed by atoms with Crippen molar-refractivity contribution in [3.63, 3.8) is 0 Å². The van der Waals surface area contributed by atoms with E-state index >= 15 is 0 Å². The van der Waals surface area contributed by atoms with Crippen LogP contribution in [-0.4, -0.2) is 34.5 Å². The van der Waals surface area contributed by atoms with Gasteiger partial charge in [-0.2, -0.15) is 0 Å². The molecule has 0 N–H and O–H groups in total. The first-order chi connectivity index (χ1) is 60.0. The molecule has 9 nitrogen and oxygen atoms in total. The average molecular weight is 1540 g/mol. The Bertz CT molecular complexity index is 7790. The lowest BCUT2D eigenvalue weighted by molar-refractivity contribution is 0.436. The summed E-state index contributed by atoms with van der Waals surface area (Å²) in [7, 11) is 0. The highest BCUT2D eigenvalue weighted by atomic mass is 16.5. The smallest absolute Gasteiger partial charge is 0.164 e. The van der Waals surface area contributed by atoms with Gasteiger partial charge in [-0.05, 0) is 155 Å². The fourth-order valence-electron chi connectivity index (χ4n) is 20.3. The number of hydrogen-bond acceptors (Lipinski definition) is 8. The van der Waals surface area contributed by atoms with Crippen molar-refractivity contribution in [2.45, 2.75) is 10.8 Å². The fourth-order valence-corrected chi connectivity index (χ4v) is 20.3. The summed E-state index contributed by atoms with van der Waals surface area (Å²) >= 11 is 0. The largest absolute Gasteiger partial charge is 0.457 e. The first-order valence-corrected chi connectivity index (χ1v) is 41.1. The highest BCUT2D eigenvalue weighted by Gasteiger charge is 2.54. The number of aromatic nitrogens is 7. The van der Waals surface area contributed by atoms with Crippen molar-refractivity contribution < 1.29 is 9.47 Å². The van der Waals surface area contributed by atoms with Gasteiger partial charge in [0, 0.05) is 89.7 Å². The van der Waals surface area contributed by atoms with E-state index in [1.54, 1.807) is 6.20 Å². The molecule has 0 radical (unpaired) electrons. The molecular formula is C112H67N7O2. The van der Waals surface area contributed by atoms with Crippen molar-refractivity contribution in [3.8, 4) is 152 Å². The number of para-hydroxylation sites is 5. The zero-order chi connectivity index (χ0) is 79.4. The van der Waals surface area contributed by atoms with Crippen molar-refractivity contribution >= 4 is 43.5 Å². The van der Waals surface area contributed by atoms with Gasteiger partial charge in [0.1, 0.15) is 23.0 Å². The minimum atomic E-state index is -0.917. The zero-order valence-electron chi connectivity index (χ0n) is 65.1. The normalized spacial score (nSPS) is 13.2. The van der Waals surface area contributed by atoms with Gasteiger partial charge in [-0.3, -0.25) is 4.98 Å².